The van der Waals surface area contributed by atoms with Crippen LogP contribution in [0.3, 0.4) is 0 Å². The third-order valence-electron chi connectivity index (χ3n) is 5.08. The van der Waals surface area contributed by atoms with E-state index >= 15 is 0 Å². The Kier molecular flexibility index (Phi) is 10.0. The van der Waals surface area contributed by atoms with Crippen molar-refractivity contribution in [3.8, 4) is 0 Å². The van der Waals surface area contributed by atoms with Crippen LogP contribution in [0.4, 0.5) is 0 Å². The minimum Gasteiger partial charge on any atom is -0.356 e. The highest BCUT2D eigenvalue weighted by atomic mass is 32.1. The largest absolute Gasteiger partial charge is 0.356 e. The Balaban J connectivity index is 1.50. The van der Waals surface area contributed by atoms with E-state index in [9.17, 15) is 0 Å². The molecule has 1 aromatic heterocycles. The summed E-state index contributed by atoms with van der Waals surface area (Å²) in [5, 5.41) is 9.07. The van der Waals surface area contributed by atoms with Crippen LogP contribution in [0.5, 0.6) is 0 Å². The molecule has 148 valence electrons. The molecule has 5 nitrogen and oxygen atoms in total. The highest BCUT2D eigenvalue weighted by Gasteiger charge is 2.14. The summed E-state index contributed by atoms with van der Waals surface area (Å²) in [5.41, 5.74) is 0. The third-order valence-corrected chi connectivity index (χ3v) is 5.98. The number of hydrogen-bond donors (Lipinski definition) is 2. The molecule has 0 aliphatic carbocycles. The van der Waals surface area contributed by atoms with Crippen molar-refractivity contribution in [1.82, 2.24) is 20.4 Å². The smallest absolute Gasteiger partial charge is 0.190 e. The van der Waals surface area contributed by atoms with Gasteiger partial charge in [0, 0.05) is 51.2 Å². The Morgan fingerprint density at radius 3 is 2.62 bits per heavy atom. The number of piperazine rings is 1. The van der Waals surface area contributed by atoms with Crippen LogP contribution in [-0.2, 0) is 6.42 Å². The lowest BCUT2D eigenvalue weighted by Crippen LogP contribution is -2.46. The van der Waals surface area contributed by atoms with E-state index in [0.29, 0.717) is 5.92 Å². The Morgan fingerprint density at radius 2 is 1.96 bits per heavy atom. The average molecular weight is 380 g/mol. The van der Waals surface area contributed by atoms with Gasteiger partial charge in [-0.2, -0.15) is 0 Å². The molecule has 1 aromatic rings. The fourth-order valence-electron chi connectivity index (χ4n) is 3.33. The molecule has 6 heteroatoms. The molecule has 0 radical (unpaired) electrons. The van der Waals surface area contributed by atoms with Crippen LogP contribution >= 0.6 is 11.3 Å². The maximum atomic E-state index is 4.34. The van der Waals surface area contributed by atoms with E-state index in [2.05, 4.69) is 56.8 Å². The molecule has 0 bridgehead atoms. The second-order valence-corrected chi connectivity index (χ2v) is 8.28. The monoisotopic (exact) mass is 379 g/mol. The van der Waals surface area contributed by atoms with Gasteiger partial charge in [0.2, 0.25) is 0 Å². The number of thiophene rings is 1. The standard InChI is InChI=1S/C20H37N5S/c1-4-24-11-13-25(14-12-24)10-6-5-9-22-20(21-3)23-17-18(2)16-19-8-7-15-26-19/h7-8,15,18H,4-6,9-14,16-17H2,1-3H3,(H2,21,22,23). The highest BCUT2D eigenvalue weighted by molar-refractivity contribution is 7.09. The van der Waals surface area contributed by atoms with E-state index in [0.717, 1.165) is 25.5 Å². The maximum absolute atomic E-state index is 4.34. The van der Waals surface area contributed by atoms with Gasteiger partial charge >= 0.3 is 0 Å². The zero-order valence-electron chi connectivity index (χ0n) is 16.8. The first-order valence-corrected chi connectivity index (χ1v) is 11.0. The molecule has 0 saturated carbocycles. The summed E-state index contributed by atoms with van der Waals surface area (Å²) in [5.74, 6) is 1.54. The number of aliphatic imine (C=N–C) groups is 1. The van der Waals surface area contributed by atoms with Gasteiger partial charge in [-0.1, -0.05) is 19.9 Å². The van der Waals surface area contributed by atoms with E-state index in [1.807, 2.05) is 18.4 Å². The molecular formula is C20H37N5S. The highest BCUT2D eigenvalue weighted by Crippen LogP contribution is 2.13. The van der Waals surface area contributed by atoms with E-state index in [1.54, 1.807) is 0 Å². The van der Waals surface area contributed by atoms with Gasteiger partial charge in [0.05, 0.1) is 0 Å². The van der Waals surface area contributed by atoms with Crippen molar-refractivity contribution in [3.05, 3.63) is 22.4 Å². The minimum atomic E-state index is 0.606. The predicted molar refractivity (Wildman–Crippen MR) is 114 cm³/mol. The average Bonchev–Trinajstić information content (AvgIpc) is 3.17. The van der Waals surface area contributed by atoms with E-state index in [-0.39, 0.29) is 0 Å². The topological polar surface area (TPSA) is 42.9 Å². The lowest BCUT2D eigenvalue weighted by molar-refractivity contribution is 0.136. The summed E-state index contributed by atoms with van der Waals surface area (Å²) in [6.07, 6.45) is 3.58. The lowest BCUT2D eigenvalue weighted by atomic mass is 10.1. The summed E-state index contributed by atoms with van der Waals surface area (Å²) >= 11 is 1.84. The summed E-state index contributed by atoms with van der Waals surface area (Å²) in [6.45, 7) is 13.8. The van der Waals surface area contributed by atoms with Crippen LogP contribution in [0, 0.1) is 5.92 Å². The van der Waals surface area contributed by atoms with Gasteiger partial charge in [-0.3, -0.25) is 4.99 Å². The Hall–Kier alpha value is -1.11. The van der Waals surface area contributed by atoms with Crippen LogP contribution in [0.1, 0.15) is 31.6 Å². The van der Waals surface area contributed by atoms with Gasteiger partial charge in [-0.25, -0.2) is 0 Å². The number of nitrogens with zero attached hydrogens (tertiary/aromatic N) is 3. The molecule has 2 N–H and O–H groups in total. The Labute approximate surface area is 163 Å². The van der Waals surface area contributed by atoms with Crippen molar-refractivity contribution in [1.29, 1.82) is 0 Å². The van der Waals surface area contributed by atoms with Gasteiger partial charge < -0.3 is 20.4 Å². The Morgan fingerprint density at radius 1 is 1.19 bits per heavy atom. The molecule has 1 aliphatic heterocycles. The Bertz CT molecular complexity index is 494. The maximum Gasteiger partial charge on any atom is 0.190 e. The number of rotatable bonds is 10. The summed E-state index contributed by atoms with van der Waals surface area (Å²) in [6, 6.07) is 4.35. The quantitative estimate of drug-likeness (QED) is 0.372. The second kappa shape index (κ2) is 12.3. The first-order valence-electron chi connectivity index (χ1n) is 10.1. The van der Waals surface area contributed by atoms with Gasteiger partial charge in [0.1, 0.15) is 0 Å². The number of unbranched alkanes of at least 4 members (excludes halogenated alkanes) is 1. The molecule has 0 amide bonds. The van der Waals surface area contributed by atoms with E-state index < -0.39 is 0 Å². The van der Waals surface area contributed by atoms with Crippen LogP contribution in [0.15, 0.2) is 22.5 Å². The number of likely N-dealkylation sites (N-methyl/N-ethyl adjacent to an activating group) is 1. The zero-order chi connectivity index (χ0) is 18.6. The van der Waals surface area contributed by atoms with E-state index in [1.165, 1.54) is 57.0 Å². The van der Waals surface area contributed by atoms with E-state index in [4.69, 9.17) is 0 Å². The van der Waals surface area contributed by atoms with Crippen molar-refractivity contribution in [2.24, 2.45) is 10.9 Å². The van der Waals surface area contributed by atoms with Crippen LogP contribution in [0.2, 0.25) is 0 Å². The number of guanidine groups is 1. The predicted octanol–water partition coefficient (Wildman–Crippen LogP) is 2.51. The molecule has 1 aliphatic rings. The van der Waals surface area contributed by atoms with Gasteiger partial charge in [-0.05, 0) is 49.7 Å². The first-order chi connectivity index (χ1) is 12.7. The molecule has 0 spiro atoms. The van der Waals surface area contributed by atoms with Crippen molar-refractivity contribution < 1.29 is 0 Å². The summed E-state index contributed by atoms with van der Waals surface area (Å²) < 4.78 is 0. The molecule has 1 saturated heterocycles. The van der Waals surface area contributed by atoms with Crippen molar-refractivity contribution in [3.63, 3.8) is 0 Å². The van der Waals surface area contributed by atoms with Gasteiger partial charge in [0.25, 0.3) is 0 Å². The number of hydrogen-bond acceptors (Lipinski definition) is 4. The first kappa shape index (κ1) is 21.2. The molecule has 26 heavy (non-hydrogen) atoms. The molecule has 0 aromatic carbocycles. The number of nitrogens with one attached hydrogen (secondary N) is 2. The van der Waals surface area contributed by atoms with Crippen molar-refractivity contribution >= 4 is 17.3 Å². The lowest BCUT2D eigenvalue weighted by Gasteiger charge is -2.34. The molecular weight excluding hydrogens is 342 g/mol. The molecule has 1 atom stereocenters. The van der Waals surface area contributed by atoms with Crippen LogP contribution < -0.4 is 10.6 Å². The molecule has 2 heterocycles. The SMILES string of the molecule is CCN1CCN(CCCCNC(=NC)NCC(C)Cc2cccs2)CC1. The molecule has 1 fully saturated rings. The van der Waals surface area contributed by atoms with Gasteiger partial charge in [-0.15, -0.1) is 11.3 Å². The zero-order valence-corrected chi connectivity index (χ0v) is 17.7. The molecule has 1 unspecified atom stereocenters. The van der Waals surface area contributed by atoms with Crippen LogP contribution in [0.25, 0.3) is 0 Å². The summed E-state index contributed by atoms with van der Waals surface area (Å²) in [7, 11) is 1.85. The van der Waals surface area contributed by atoms with Crippen molar-refractivity contribution in [2.45, 2.75) is 33.1 Å². The fourth-order valence-corrected chi connectivity index (χ4v) is 4.20. The second-order valence-electron chi connectivity index (χ2n) is 7.25. The van der Waals surface area contributed by atoms with Gasteiger partial charge in [0.15, 0.2) is 5.96 Å². The minimum absolute atomic E-state index is 0.606. The van der Waals surface area contributed by atoms with Crippen LogP contribution in [-0.4, -0.2) is 75.2 Å². The normalized spacial score (nSPS) is 18.0. The van der Waals surface area contributed by atoms with Crippen molar-refractivity contribution in [2.75, 3.05) is 59.4 Å². The third kappa shape index (κ3) is 8.06. The summed E-state index contributed by atoms with van der Waals surface area (Å²) in [4.78, 5) is 10.9. The molecule has 2 rings (SSSR count). The fraction of sp³-hybridized carbons (Fsp3) is 0.750.